The monoisotopic (exact) mass is 211 g/mol. The normalized spacial score (nSPS) is 18.9. The van der Waals surface area contributed by atoms with Crippen molar-refractivity contribution in [1.29, 1.82) is 0 Å². The van der Waals surface area contributed by atoms with Gasteiger partial charge in [0.05, 0.1) is 17.6 Å². The topological polar surface area (TPSA) is 50.2 Å². The van der Waals surface area contributed by atoms with Crippen LogP contribution in [0.4, 0.5) is 0 Å². The number of thiazole rings is 1. The van der Waals surface area contributed by atoms with E-state index < -0.39 is 5.97 Å². The zero-order chi connectivity index (χ0) is 10.2. The van der Waals surface area contributed by atoms with Crippen molar-refractivity contribution in [3.05, 3.63) is 16.1 Å². The molecule has 1 aliphatic rings. The van der Waals surface area contributed by atoms with Crippen molar-refractivity contribution in [2.45, 2.75) is 38.0 Å². The molecule has 0 unspecified atom stereocenters. The lowest BCUT2D eigenvalue weighted by atomic mass is 9.65. The fraction of sp³-hybridized carbons (Fsp3) is 0.600. The largest absolute Gasteiger partial charge is 0.481 e. The summed E-state index contributed by atoms with van der Waals surface area (Å²) in [6, 6.07) is 0. The molecule has 14 heavy (non-hydrogen) atoms. The second-order valence-corrected chi connectivity index (χ2v) is 4.83. The third-order valence-corrected chi connectivity index (χ3v) is 4.20. The molecule has 0 radical (unpaired) electrons. The summed E-state index contributed by atoms with van der Waals surface area (Å²) in [5, 5.41) is 8.89. The highest BCUT2D eigenvalue weighted by Gasteiger charge is 2.42. The van der Waals surface area contributed by atoms with Crippen LogP contribution in [-0.4, -0.2) is 16.1 Å². The number of nitrogens with zero attached hydrogens (tertiary/aromatic N) is 1. The van der Waals surface area contributed by atoms with Gasteiger partial charge in [-0.15, -0.1) is 11.3 Å². The summed E-state index contributed by atoms with van der Waals surface area (Å²) in [6.45, 7) is 1.97. The molecule has 1 aromatic heterocycles. The highest BCUT2D eigenvalue weighted by Crippen LogP contribution is 2.48. The first-order chi connectivity index (χ1) is 6.64. The number of aryl methyl sites for hydroxylation is 1. The summed E-state index contributed by atoms with van der Waals surface area (Å²) >= 11 is 1.60. The van der Waals surface area contributed by atoms with Crippen LogP contribution in [0.5, 0.6) is 0 Å². The predicted octanol–water partition coefficient (Wildman–Crippen LogP) is 2.35. The smallest absolute Gasteiger partial charge is 0.304 e. The van der Waals surface area contributed by atoms with E-state index in [9.17, 15) is 4.79 Å². The minimum Gasteiger partial charge on any atom is -0.481 e. The lowest BCUT2D eigenvalue weighted by Crippen LogP contribution is -2.36. The molecule has 0 saturated heterocycles. The van der Waals surface area contributed by atoms with Gasteiger partial charge in [0.25, 0.3) is 0 Å². The Hall–Kier alpha value is -0.900. The van der Waals surface area contributed by atoms with Crippen molar-refractivity contribution in [2.24, 2.45) is 0 Å². The minimum atomic E-state index is -0.697. The lowest BCUT2D eigenvalue weighted by Gasteiger charge is -2.40. The summed E-state index contributed by atoms with van der Waals surface area (Å²) in [5.74, 6) is -0.697. The van der Waals surface area contributed by atoms with Gasteiger partial charge < -0.3 is 5.11 Å². The molecule has 0 spiro atoms. The molecule has 1 aliphatic carbocycles. The fourth-order valence-corrected chi connectivity index (χ4v) is 3.25. The molecular formula is C10H13NO2S. The summed E-state index contributed by atoms with van der Waals surface area (Å²) in [7, 11) is 0. The van der Waals surface area contributed by atoms with E-state index in [4.69, 9.17) is 5.11 Å². The summed E-state index contributed by atoms with van der Waals surface area (Å²) in [5.41, 5.74) is 2.74. The van der Waals surface area contributed by atoms with Gasteiger partial charge in [0.15, 0.2) is 0 Å². The second kappa shape index (κ2) is 3.35. The van der Waals surface area contributed by atoms with E-state index in [2.05, 4.69) is 4.98 Å². The SMILES string of the molecule is Cc1ncsc1C1(CC(=O)O)CCC1. The number of rotatable bonds is 3. The van der Waals surface area contributed by atoms with Crippen molar-refractivity contribution < 1.29 is 9.90 Å². The Morgan fingerprint density at radius 3 is 2.79 bits per heavy atom. The number of hydrogen-bond acceptors (Lipinski definition) is 3. The Morgan fingerprint density at radius 2 is 2.43 bits per heavy atom. The molecule has 1 N–H and O–H groups in total. The van der Waals surface area contributed by atoms with Crippen molar-refractivity contribution >= 4 is 17.3 Å². The van der Waals surface area contributed by atoms with Crippen LogP contribution >= 0.6 is 11.3 Å². The molecule has 0 atom stereocenters. The minimum absolute atomic E-state index is 0.0862. The molecule has 76 valence electrons. The van der Waals surface area contributed by atoms with Gasteiger partial charge in [0.1, 0.15) is 0 Å². The average Bonchev–Trinajstić information content (AvgIpc) is 2.44. The molecule has 1 fully saturated rings. The summed E-state index contributed by atoms with van der Waals surface area (Å²) in [6.07, 6.45) is 3.41. The summed E-state index contributed by atoms with van der Waals surface area (Å²) in [4.78, 5) is 16.2. The highest BCUT2D eigenvalue weighted by atomic mass is 32.1. The standard InChI is InChI=1S/C10H13NO2S/c1-7-9(14-6-11-7)10(3-2-4-10)5-8(12)13/h6H,2-5H2,1H3,(H,12,13). The Bertz CT molecular complexity index is 355. The van der Waals surface area contributed by atoms with Gasteiger partial charge >= 0.3 is 5.97 Å². The first-order valence-electron chi connectivity index (χ1n) is 4.76. The van der Waals surface area contributed by atoms with Crippen LogP contribution in [0.25, 0.3) is 0 Å². The van der Waals surface area contributed by atoms with Crippen molar-refractivity contribution in [2.75, 3.05) is 0 Å². The van der Waals surface area contributed by atoms with Crippen molar-refractivity contribution in [3.8, 4) is 0 Å². The Balaban J connectivity index is 2.29. The van der Waals surface area contributed by atoms with Crippen LogP contribution < -0.4 is 0 Å². The third-order valence-electron chi connectivity index (χ3n) is 3.03. The molecular weight excluding hydrogens is 198 g/mol. The van der Waals surface area contributed by atoms with Crippen LogP contribution in [0.1, 0.15) is 36.3 Å². The first-order valence-corrected chi connectivity index (χ1v) is 5.64. The molecule has 1 heterocycles. The zero-order valence-electron chi connectivity index (χ0n) is 8.12. The Kier molecular flexibility index (Phi) is 2.31. The molecule has 0 aliphatic heterocycles. The Labute approximate surface area is 86.8 Å². The number of hydrogen-bond donors (Lipinski definition) is 1. The summed E-state index contributed by atoms with van der Waals surface area (Å²) < 4.78 is 0. The highest BCUT2D eigenvalue weighted by molar-refractivity contribution is 7.10. The number of aromatic nitrogens is 1. The number of aliphatic carboxylic acids is 1. The van der Waals surface area contributed by atoms with E-state index >= 15 is 0 Å². The van der Waals surface area contributed by atoms with Crippen LogP contribution in [0.3, 0.4) is 0 Å². The van der Waals surface area contributed by atoms with E-state index in [1.165, 1.54) is 4.88 Å². The van der Waals surface area contributed by atoms with E-state index in [-0.39, 0.29) is 11.8 Å². The fourth-order valence-electron chi connectivity index (χ4n) is 2.19. The van der Waals surface area contributed by atoms with Gasteiger partial charge in [0.2, 0.25) is 0 Å². The molecule has 2 rings (SSSR count). The second-order valence-electron chi connectivity index (χ2n) is 3.97. The van der Waals surface area contributed by atoms with Gasteiger partial charge in [-0.1, -0.05) is 6.42 Å². The quantitative estimate of drug-likeness (QED) is 0.834. The first kappa shape index (κ1) is 9.65. The molecule has 4 heteroatoms. The molecule has 0 aromatic carbocycles. The average molecular weight is 211 g/mol. The molecule has 1 saturated carbocycles. The molecule has 3 nitrogen and oxygen atoms in total. The molecule has 0 amide bonds. The maximum atomic E-state index is 10.8. The van der Waals surface area contributed by atoms with Crippen LogP contribution in [0.15, 0.2) is 5.51 Å². The van der Waals surface area contributed by atoms with Crippen molar-refractivity contribution in [3.63, 3.8) is 0 Å². The maximum Gasteiger partial charge on any atom is 0.304 e. The van der Waals surface area contributed by atoms with E-state index in [1.54, 1.807) is 11.3 Å². The van der Waals surface area contributed by atoms with E-state index in [0.29, 0.717) is 0 Å². The number of carbonyl (C=O) groups is 1. The lowest BCUT2D eigenvalue weighted by molar-refractivity contribution is -0.139. The van der Waals surface area contributed by atoms with E-state index in [1.807, 2.05) is 12.4 Å². The molecule has 0 bridgehead atoms. The van der Waals surface area contributed by atoms with Gasteiger partial charge in [-0.05, 0) is 19.8 Å². The number of carboxylic acid groups (broad SMARTS) is 1. The van der Waals surface area contributed by atoms with E-state index in [0.717, 1.165) is 25.0 Å². The van der Waals surface area contributed by atoms with Crippen LogP contribution in [0.2, 0.25) is 0 Å². The van der Waals surface area contributed by atoms with Crippen LogP contribution in [-0.2, 0) is 10.2 Å². The van der Waals surface area contributed by atoms with Gasteiger partial charge in [-0.25, -0.2) is 4.98 Å². The van der Waals surface area contributed by atoms with Crippen LogP contribution in [0, 0.1) is 6.92 Å². The maximum absolute atomic E-state index is 10.8. The number of carboxylic acids is 1. The van der Waals surface area contributed by atoms with Gasteiger partial charge in [0, 0.05) is 10.3 Å². The molecule has 1 aromatic rings. The van der Waals surface area contributed by atoms with Gasteiger partial charge in [-0.3, -0.25) is 4.79 Å². The van der Waals surface area contributed by atoms with Crippen molar-refractivity contribution in [1.82, 2.24) is 4.98 Å². The Morgan fingerprint density at radius 1 is 1.71 bits per heavy atom. The third kappa shape index (κ3) is 1.43. The van der Waals surface area contributed by atoms with Gasteiger partial charge in [-0.2, -0.15) is 0 Å². The predicted molar refractivity (Wildman–Crippen MR) is 54.6 cm³/mol. The zero-order valence-corrected chi connectivity index (χ0v) is 8.93.